The Kier molecular flexibility index (Phi) is 4.27. The molecule has 3 rings (SSSR count). The Morgan fingerprint density at radius 1 is 1.17 bits per heavy atom. The van der Waals surface area contributed by atoms with Crippen molar-refractivity contribution in [3.8, 4) is 0 Å². The summed E-state index contributed by atoms with van der Waals surface area (Å²) in [6, 6.07) is 7.49. The van der Waals surface area contributed by atoms with Gasteiger partial charge in [-0.1, -0.05) is 17.7 Å². The monoisotopic (exact) mass is 313 g/mol. The molecule has 1 aliphatic carbocycles. The molecule has 0 atom stereocenters. The number of urea groups is 1. The van der Waals surface area contributed by atoms with Crippen LogP contribution in [-0.2, 0) is 11.3 Å². The number of hydrogen-bond donors (Lipinski definition) is 3. The summed E-state index contributed by atoms with van der Waals surface area (Å²) in [5, 5.41) is 12.4. The summed E-state index contributed by atoms with van der Waals surface area (Å²) in [4.78, 5) is 23.6. The molecule has 0 bridgehead atoms. The maximum absolute atomic E-state index is 11.9. The highest BCUT2D eigenvalue weighted by Crippen LogP contribution is 2.18. The van der Waals surface area contributed by atoms with Gasteiger partial charge in [0.1, 0.15) is 6.54 Å². The number of nitrogens with one attached hydrogen (secondary N) is 3. The molecule has 0 spiro atoms. The van der Waals surface area contributed by atoms with Gasteiger partial charge < -0.3 is 16.0 Å². The zero-order valence-electron chi connectivity index (χ0n) is 12.9. The van der Waals surface area contributed by atoms with Crippen LogP contribution in [0.3, 0.4) is 0 Å². The summed E-state index contributed by atoms with van der Waals surface area (Å²) in [6.45, 7) is 2.13. The average molecular weight is 313 g/mol. The third kappa shape index (κ3) is 4.57. The van der Waals surface area contributed by atoms with Crippen molar-refractivity contribution in [1.29, 1.82) is 0 Å². The van der Waals surface area contributed by atoms with Gasteiger partial charge in [0.05, 0.1) is 11.9 Å². The maximum atomic E-state index is 11.9. The van der Waals surface area contributed by atoms with E-state index in [0.717, 1.165) is 18.4 Å². The van der Waals surface area contributed by atoms with Crippen LogP contribution in [0, 0.1) is 6.92 Å². The number of carbonyl (C=O) groups excluding carboxylic acids is 2. The molecule has 3 N–H and O–H groups in total. The molecule has 0 radical (unpaired) electrons. The predicted octanol–water partition coefficient (Wildman–Crippen LogP) is 2.11. The lowest BCUT2D eigenvalue weighted by Crippen LogP contribution is -2.29. The molecule has 0 unspecified atom stereocenters. The molecule has 2 aromatic rings. The Morgan fingerprint density at radius 3 is 2.57 bits per heavy atom. The lowest BCUT2D eigenvalue weighted by Gasteiger charge is -2.06. The van der Waals surface area contributed by atoms with Crippen LogP contribution in [-0.4, -0.2) is 27.8 Å². The molecule has 120 valence electrons. The minimum absolute atomic E-state index is 0.0637. The van der Waals surface area contributed by atoms with E-state index in [2.05, 4.69) is 21.0 Å². The number of aromatic nitrogens is 2. The van der Waals surface area contributed by atoms with Crippen LogP contribution >= 0.6 is 0 Å². The molecule has 1 heterocycles. The number of carbonyl (C=O) groups is 2. The molecule has 0 saturated heterocycles. The molecule has 0 aliphatic heterocycles. The third-order valence-electron chi connectivity index (χ3n) is 3.45. The van der Waals surface area contributed by atoms with Crippen molar-refractivity contribution in [3.05, 3.63) is 42.2 Å². The second-order valence-electron chi connectivity index (χ2n) is 5.71. The highest BCUT2D eigenvalue weighted by atomic mass is 16.2. The number of benzene rings is 1. The van der Waals surface area contributed by atoms with E-state index in [4.69, 9.17) is 0 Å². The summed E-state index contributed by atoms with van der Waals surface area (Å²) in [5.74, 6) is -0.0637. The SMILES string of the molecule is Cc1ccc(NC(=O)Nc2cnn(CC(=O)NC3CC3)c2)cc1. The number of aryl methyl sites for hydroxylation is 1. The van der Waals surface area contributed by atoms with Crippen LogP contribution in [0.2, 0.25) is 0 Å². The summed E-state index contributed by atoms with van der Waals surface area (Å²) in [5.41, 5.74) is 2.37. The smallest absolute Gasteiger partial charge is 0.323 e. The van der Waals surface area contributed by atoms with E-state index in [1.165, 1.54) is 10.9 Å². The zero-order valence-corrected chi connectivity index (χ0v) is 12.9. The number of nitrogens with zero attached hydrogens (tertiary/aromatic N) is 2. The molecule has 7 nitrogen and oxygen atoms in total. The number of rotatable bonds is 5. The molecule has 1 saturated carbocycles. The highest BCUT2D eigenvalue weighted by Gasteiger charge is 2.23. The standard InChI is InChI=1S/C16H19N5O2/c1-11-2-4-13(5-3-11)19-16(23)20-14-8-17-21(9-14)10-15(22)18-12-6-7-12/h2-5,8-9,12H,6-7,10H2,1H3,(H,18,22)(H2,19,20,23). The van der Waals surface area contributed by atoms with Gasteiger partial charge in [-0.15, -0.1) is 0 Å². The fourth-order valence-corrected chi connectivity index (χ4v) is 2.09. The van der Waals surface area contributed by atoms with Gasteiger partial charge in [-0.05, 0) is 31.9 Å². The van der Waals surface area contributed by atoms with Gasteiger partial charge >= 0.3 is 6.03 Å². The number of hydrogen-bond acceptors (Lipinski definition) is 3. The molecule has 1 aromatic carbocycles. The molecule has 23 heavy (non-hydrogen) atoms. The van der Waals surface area contributed by atoms with Crippen molar-refractivity contribution in [2.24, 2.45) is 0 Å². The van der Waals surface area contributed by atoms with Gasteiger partial charge in [0.25, 0.3) is 0 Å². The molecule has 7 heteroatoms. The van der Waals surface area contributed by atoms with Crippen molar-refractivity contribution < 1.29 is 9.59 Å². The Bertz CT molecular complexity index is 704. The van der Waals surface area contributed by atoms with Crippen molar-refractivity contribution in [2.45, 2.75) is 32.4 Å². The van der Waals surface area contributed by atoms with Crippen molar-refractivity contribution in [3.63, 3.8) is 0 Å². The van der Waals surface area contributed by atoms with Gasteiger partial charge in [-0.3, -0.25) is 9.48 Å². The minimum atomic E-state index is -0.351. The second kappa shape index (κ2) is 6.51. The van der Waals surface area contributed by atoms with Crippen LogP contribution in [0.5, 0.6) is 0 Å². The Hall–Kier alpha value is -2.83. The summed E-state index contributed by atoms with van der Waals surface area (Å²) in [6.07, 6.45) is 5.24. The van der Waals surface area contributed by atoms with Crippen LogP contribution in [0.4, 0.5) is 16.2 Å². The Balaban J connectivity index is 1.50. The van der Waals surface area contributed by atoms with E-state index in [9.17, 15) is 9.59 Å². The van der Waals surface area contributed by atoms with Gasteiger partial charge in [-0.25, -0.2) is 4.79 Å². The van der Waals surface area contributed by atoms with Gasteiger partial charge in [-0.2, -0.15) is 5.10 Å². The van der Waals surface area contributed by atoms with Crippen LogP contribution < -0.4 is 16.0 Å². The second-order valence-corrected chi connectivity index (χ2v) is 5.71. The summed E-state index contributed by atoms with van der Waals surface area (Å²) >= 11 is 0. The van der Waals surface area contributed by atoms with E-state index in [1.54, 1.807) is 6.20 Å². The van der Waals surface area contributed by atoms with Crippen molar-refractivity contribution in [2.75, 3.05) is 10.6 Å². The lowest BCUT2D eigenvalue weighted by atomic mass is 10.2. The quantitative estimate of drug-likeness (QED) is 0.790. The van der Waals surface area contributed by atoms with Crippen LogP contribution in [0.15, 0.2) is 36.7 Å². The first-order valence-corrected chi connectivity index (χ1v) is 7.55. The van der Waals surface area contributed by atoms with Crippen LogP contribution in [0.1, 0.15) is 18.4 Å². The molecule has 3 amide bonds. The molecule has 1 fully saturated rings. The van der Waals surface area contributed by atoms with Gasteiger partial charge in [0.15, 0.2) is 0 Å². The zero-order chi connectivity index (χ0) is 16.2. The maximum Gasteiger partial charge on any atom is 0.323 e. The Labute approximate surface area is 134 Å². The van der Waals surface area contributed by atoms with E-state index in [1.807, 2.05) is 31.2 Å². The summed E-state index contributed by atoms with van der Waals surface area (Å²) in [7, 11) is 0. The fourth-order valence-electron chi connectivity index (χ4n) is 2.09. The van der Waals surface area contributed by atoms with E-state index < -0.39 is 0 Å². The average Bonchev–Trinajstić information content (AvgIpc) is 3.20. The molecular weight excluding hydrogens is 294 g/mol. The topological polar surface area (TPSA) is 88.1 Å². The van der Waals surface area contributed by atoms with E-state index in [0.29, 0.717) is 17.4 Å². The van der Waals surface area contributed by atoms with Crippen molar-refractivity contribution in [1.82, 2.24) is 15.1 Å². The molecule has 1 aliphatic rings. The van der Waals surface area contributed by atoms with Crippen LogP contribution in [0.25, 0.3) is 0 Å². The van der Waals surface area contributed by atoms with Crippen molar-refractivity contribution >= 4 is 23.3 Å². The normalized spacial score (nSPS) is 13.4. The minimum Gasteiger partial charge on any atom is -0.352 e. The van der Waals surface area contributed by atoms with E-state index >= 15 is 0 Å². The molecule has 1 aromatic heterocycles. The van der Waals surface area contributed by atoms with Gasteiger partial charge in [0, 0.05) is 17.9 Å². The van der Waals surface area contributed by atoms with Gasteiger partial charge in [0.2, 0.25) is 5.91 Å². The first-order valence-electron chi connectivity index (χ1n) is 7.55. The largest absolute Gasteiger partial charge is 0.352 e. The first-order chi connectivity index (χ1) is 11.1. The molecular formula is C16H19N5O2. The van der Waals surface area contributed by atoms with E-state index in [-0.39, 0.29) is 18.5 Å². The fraction of sp³-hybridized carbons (Fsp3) is 0.312. The number of amides is 3. The lowest BCUT2D eigenvalue weighted by molar-refractivity contribution is -0.122. The summed E-state index contributed by atoms with van der Waals surface area (Å²) < 4.78 is 1.50. The highest BCUT2D eigenvalue weighted by molar-refractivity contribution is 5.99. The Morgan fingerprint density at radius 2 is 1.87 bits per heavy atom. The first kappa shape index (κ1) is 15.1. The third-order valence-corrected chi connectivity index (χ3v) is 3.45. The number of anilines is 2. The predicted molar refractivity (Wildman–Crippen MR) is 87.2 cm³/mol.